The summed E-state index contributed by atoms with van der Waals surface area (Å²) in [6, 6.07) is 10.2. The largest absolute Gasteiger partial charge is 0.292 e. The van der Waals surface area contributed by atoms with Gasteiger partial charge < -0.3 is 0 Å². The molecule has 7 nitrogen and oxygen atoms in total. The molecule has 0 fully saturated rings. The minimum absolute atomic E-state index is 0.0370. The predicted octanol–water partition coefficient (Wildman–Crippen LogP) is 4.68. The van der Waals surface area contributed by atoms with Crippen LogP contribution in [0, 0.1) is 13.8 Å². The van der Waals surface area contributed by atoms with Gasteiger partial charge in [-0.25, -0.2) is 4.98 Å². The summed E-state index contributed by atoms with van der Waals surface area (Å²) in [6.45, 7) is 5.73. The van der Waals surface area contributed by atoms with E-state index in [1.165, 1.54) is 29.4 Å². The van der Waals surface area contributed by atoms with Crippen molar-refractivity contribution in [1.82, 2.24) is 24.7 Å². The van der Waals surface area contributed by atoms with E-state index in [4.69, 9.17) is 0 Å². The van der Waals surface area contributed by atoms with Crippen molar-refractivity contribution in [3.63, 3.8) is 0 Å². The highest BCUT2D eigenvalue weighted by Crippen LogP contribution is 2.31. The molecule has 0 radical (unpaired) electrons. The number of carbonyl (C=O) groups is 1. The number of aryl methyl sites for hydroxylation is 2. The third kappa shape index (κ3) is 4.52. The number of hydrogen-bond acceptors (Lipinski definition) is 7. The topological polar surface area (TPSA) is 76.8 Å². The Morgan fingerprint density at radius 1 is 1.13 bits per heavy atom. The van der Waals surface area contributed by atoms with Gasteiger partial charge in [-0.05, 0) is 49.2 Å². The number of aromatic nitrogens is 5. The number of thiazole rings is 1. The lowest BCUT2D eigenvalue weighted by molar-refractivity contribution is -0.116. The molecule has 0 unspecified atom stereocenters. The monoisotopic (exact) mass is 450 g/mol. The zero-order valence-electron chi connectivity index (χ0n) is 17.7. The molecule has 0 spiro atoms. The van der Waals surface area contributed by atoms with Gasteiger partial charge in [-0.1, -0.05) is 17.8 Å². The van der Waals surface area contributed by atoms with Gasteiger partial charge in [0, 0.05) is 43.1 Å². The van der Waals surface area contributed by atoms with Gasteiger partial charge in [0.15, 0.2) is 16.1 Å². The molecule has 3 heterocycles. The molecule has 0 atom stereocenters. The highest BCUT2D eigenvalue weighted by molar-refractivity contribution is 7.98. The van der Waals surface area contributed by atoms with Crippen molar-refractivity contribution in [2.45, 2.75) is 31.7 Å². The lowest BCUT2D eigenvalue weighted by Gasteiger charge is -2.12. The number of rotatable bonds is 6. The number of nitrogens with zero attached hydrogens (tertiary/aromatic N) is 6. The molecule has 158 valence electrons. The molecule has 9 heteroatoms. The van der Waals surface area contributed by atoms with E-state index >= 15 is 0 Å². The summed E-state index contributed by atoms with van der Waals surface area (Å²) in [6.07, 6.45) is 3.51. The van der Waals surface area contributed by atoms with Crippen LogP contribution in [0.2, 0.25) is 0 Å². The van der Waals surface area contributed by atoms with Crippen LogP contribution in [-0.4, -0.2) is 37.7 Å². The molecule has 0 saturated carbocycles. The molecule has 3 aromatic heterocycles. The van der Waals surface area contributed by atoms with Crippen molar-refractivity contribution in [2.75, 3.05) is 11.9 Å². The molecule has 1 amide bonds. The second-order valence-electron chi connectivity index (χ2n) is 7.13. The van der Waals surface area contributed by atoms with E-state index in [2.05, 4.69) is 56.8 Å². The van der Waals surface area contributed by atoms with Gasteiger partial charge in [-0.3, -0.25) is 19.2 Å². The highest BCUT2D eigenvalue weighted by atomic mass is 32.2. The molecular weight excluding hydrogens is 428 g/mol. The summed E-state index contributed by atoms with van der Waals surface area (Å²) in [5, 5.41) is 12.4. The Labute approximate surface area is 189 Å². The first-order chi connectivity index (χ1) is 14.9. The number of anilines is 1. The van der Waals surface area contributed by atoms with Crippen molar-refractivity contribution in [3.05, 3.63) is 64.9 Å². The first-order valence-electron chi connectivity index (χ1n) is 9.69. The first kappa shape index (κ1) is 21.2. The normalized spacial score (nSPS) is 11.0. The number of thioether (sulfide) groups is 1. The predicted molar refractivity (Wildman–Crippen MR) is 125 cm³/mol. The fraction of sp³-hybridized carbons (Fsp3) is 0.227. The summed E-state index contributed by atoms with van der Waals surface area (Å²) in [4.78, 5) is 21.8. The average Bonchev–Trinajstić information content (AvgIpc) is 3.41. The van der Waals surface area contributed by atoms with Gasteiger partial charge >= 0.3 is 0 Å². The van der Waals surface area contributed by atoms with Crippen LogP contribution in [-0.2, 0) is 10.5 Å². The zero-order valence-corrected chi connectivity index (χ0v) is 19.4. The van der Waals surface area contributed by atoms with Gasteiger partial charge in [0.05, 0.1) is 11.4 Å². The van der Waals surface area contributed by atoms with Crippen molar-refractivity contribution >= 4 is 34.1 Å². The Hall–Kier alpha value is -3.04. The number of amides is 1. The lowest BCUT2D eigenvalue weighted by Crippen LogP contribution is -2.22. The number of benzene rings is 1. The first-order valence-corrected chi connectivity index (χ1v) is 11.6. The van der Waals surface area contributed by atoms with E-state index in [-0.39, 0.29) is 5.91 Å². The van der Waals surface area contributed by atoms with Gasteiger partial charge in [0.2, 0.25) is 5.91 Å². The Morgan fingerprint density at radius 2 is 1.90 bits per heavy atom. The van der Waals surface area contributed by atoms with E-state index in [9.17, 15) is 4.79 Å². The number of hydrogen-bond donors (Lipinski definition) is 0. The Balaban J connectivity index is 1.67. The van der Waals surface area contributed by atoms with Crippen molar-refractivity contribution in [3.8, 4) is 17.1 Å². The van der Waals surface area contributed by atoms with E-state index in [0.717, 1.165) is 27.9 Å². The summed E-state index contributed by atoms with van der Waals surface area (Å²) in [5.74, 6) is 1.36. The third-order valence-electron chi connectivity index (χ3n) is 4.97. The molecule has 31 heavy (non-hydrogen) atoms. The molecule has 4 rings (SSSR count). The maximum Gasteiger partial charge on any atom is 0.225 e. The fourth-order valence-corrected chi connectivity index (χ4v) is 4.72. The highest BCUT2D eigenvalue weighted by Gasteiger charge is 2.18. The molecular formula is C22H22N6OS2. The van der Waals surface area contributed by atoms with Crippen LogP contribution >= 0.6 is 23.1 Å². The Morgan fingerprint density at radius 3 is 2.61 bits per heavy atom. The van der Waals surface area contributed by atoms with Gasteiger partial charge in [0.25, 0.3) is 0 Å². The minimum atomic E-state index is -0.0370. The average molecular weight is 451 g/mol. The zero-order chi connectivity index (χ0) is 22.0. The van der Waals surface area contributed by atoms with Crippen molar-refractivity contribution in [2.24, 2.45) is 0 Å². The molecule has 1 aromatic carbocycles. The second kappa shape index (κ2) is 8.99. The minimum Gasteiger partial charge on any atom is -0.292 e. The van der Waals surface area contributed by atoms with Gasteiger partial charge in [-0.15, -0.1) is 21.5 Å². The molecule has 0 aliphatic heterocycles. The van der Waals surface area contributed by atoms with Crippen LogP contribution in [0.3, 0.4) is 0 Å². The second-order valence-corrected chi connectivity index (χ2v) is 8.91. The lowest BCUT2D eigenvalue weighted by atomic mass is 10.1. The summed E-state index contributed by atoms with van der Waals surface area (Å²) in [7, 11) is 1.73. The van der Waals surface area contributed by atoms with Crippen LogP contribution in [0.15, 0.2) is 53.3 Å². The summed E-state index contributed by atoms with van der Waals surface area (Å²) in [5.41, 5.74) is 5.31. The maximum atomic E-state index is 11.6. The summed E-state index contributed by atoms with van der Waals surface area (Å²) >= 11 is 3.03. The van der Waals surface area contributed by atoms with Crippen LogP contribution in [0.5, 0.6) is 0 Å². The quantitative estimate of drug-likeness (QED) is 0.397. The molecule has 4 aromatic rings. The summed E-state index contributed by atoms with van der Waals surface area (Å²) < 4.78 is 2.07. The SMILES string of the molecule is CC(=O)N(C)c1nc(CSc2nnc(-c3ccncc3)n2-c2ccc(C)c(C)c2)cs1. The number of pyridine rings is 1. The Bertz CT molecular complexity index is 1220. The van der Waals surface area contributed by atoms with E-state index in [0.29, 0.717) is 10.9 Å². The molecule has 0 saturated heterocycles. The van der Waals surface area contributed by atoms with Gasteiger partial charge in [-0.2, -0.15) is 0 Å². The van der Waals surface area contributed by atoms with E-state index in [1.807, 2.05) is 17.5 Å². The van der Waals surface area contributed by atoms with E-state index < -0.39 is 0 Å². The van der Waals surface area contributed by atoms with Crippen LogP contribution < -0.4 is 4.90 Å². The van der Waals surface area contributed by atoms with Crippen LogP contribution in [0.4, 0.5) is 5.13 Å². The molecule has 0 N–H and O–H groups in total. The van der Waals surface area contributed by atoms with E-state index in [1.54, 1.807) is 36.1 Å². The fourth-order valence-electron chi connectivity index (χ4n) is 2.94. The van der Waals surface area contributed by atoms with Gasteiger partial charge in [0.1, 0.15) is 0 Å². The van der Waals surface area contributed by atoms with Crippen LogP contribution in [0.1, 0.15) is 23.7 Å². The standard InChI is InChI=1S/C22H22N6OS2/c1-14-5-6-19(11-15(14)2)28-20(17-7-9-23-10-8-17)25-26-22(28)31-13-18-12-30-21(24-18)27(4)16(3)29/h5-12H,13H2,1-4H3. The van der Waals surface area contributed by atoms with Crippen molar-refractivity contribution in [1.29, 1.82) is 0 Å². The third-order valence-corrected chi connectivity index (χ3v) is 6.90. The molecule has 0 aliphatic carbocycles. The van der Waals surface area contributed by atoms with Crippen LogP contribution in [0.25, 0.3) is 17.1 Å². The molecule has 0 aliphatic rings. The number of carbonyl (C=O) groups excluding carboxylic acids is 1. The Kier molecular flexibility index (Phi) is 6.15. The van der Waals surface area contributed by atoms with Crippen molar-refractivity contribution < 1.29 is 4.79 Å². The molecule has 0 bridgehead atoms. The maximum absolute atomic E-state index is 11.6. The smallest absolute Gasteiger partial charge is 0.225 e.